The van der Waals surface area contributed by atoms with Crippen LogP contribution in [0.15, 0.2) is 35.3 Å². The Hall–Kier alpha value is -1.31. The van der Waals surface area contributed by atoms with E-state index >= 15 is 0 Å². The highest BCUT2D eigenvalue weighted by Crippen LogP contribution is 2.11. The van der Waals surface area contributed by atoms with Gasteiger partial charge < -0.3 is 4.90 Å². The summed E-state index contributed by atoms with van der Waals surface area (Å²) in [5.41, 5.74) is 1.38. The first-order valence-corrected chi connectivity index (χ1v) is 6.22. The maximum Gasteiger partial charge on any atom is 0.0989 e. The van der Waals surface area contributed by atoms with E-state index in [1.165, 1.54) is 30.8 Å². The lowest BCUT2D eigenvalue weighted by atomic mass is 10.1. The molecule has 1 aromatic rings. The molecule has 1 aliphatic heterocycles. The molecule has 2 heteroatoms. The fourth-order valence-electron chi connectivity index (χ4n) is 2.19. The number of nitrogens with zero attached hydrogens (tertiary/aromatic N) is 2. The highest BCUT2D eigenvalue weighted by molar-refractivity contribution is 5.84. The molecule has 0 atom stereocenters. The second-order valence-corrected chi connectivity index (χ2v) is 4.22. The molecule has 0 aromatic heterocycles. The standard InChI is InChI=1S/C14H20N2/c1-2-16-12-6-9-14(16)15-11-10-13-7-4-3-5-8-13/h3-5,7-8H,2,6,9-12H2,1H3. The molecule has 2 rings (SSSR count). The van der Waals surface area contributed by atoms with Gasteiger partial charge in [-0.05, 0) is 25.3 Å². The number of amidine groups is 1. The average Bonchev–Trinajstić information content (AvgIpc) is 2.78. The van der Waals surface area contributed by atoms with Gasteiger partial charge in [0.05, 0.1) is 5.84 Å². The van der Waals surface area contributed by atoms with Crippen molar-refractivity contribution in [1.82, 2.24) is 4.90 Å². The zero-order valence-electron chi connectivity index (χ0n) is 10.0. The van der Waals surface area contributed by atoms with Crippen molar-refractivity contribution in [3.63, 3.8) is 0 Å². The zero-order valence-corrected chi connectivity index (χ0v) is 10.0. The Morgan fingerprint density at radius 2 is 2.06 bits per heavy atom. The van der Waals surface area contributed by atoms with Crippen LogP contribution in [0.4, 0.5) is 0 Å². The van der Waals surface area contributed by atoms with Gasteiger partial charge in [-0.25, -0.2) is 0 Å². The topological polar surface area (TPSA) is 15.6 Å². The summed E-state index contributed by atoms with van der Waals surface area (Å²) in [6, 6.07) is 10.6. The maximum atomic E-state index is 4.71. The van der Waals surface area contributed by atoms with Gasteiger partial charge in [-0.2, -0.15) is 0 Å². The molecule has 0 N–H and O–H groups in total. The second-order valence-electron chi connectivity index (χ2n) is 4.22. The number of benzene rings is 1. The molecule has 0 amide bonds. The van der Waals surface area contributed by atoms with Crippen LogP contribution in [0.25, 0.3) is 0 Å². The number of hydrogen-bond acceptors (Lipinski definition) is 1. The molecule has 0 aliphatic carbocycles. The minimum atomic E-state index is 0.926. The van der Waals surface area contributed by atoms with Crippen LogP contribution in [0.1, 0.15) is 25.3 Å². The highest BCUT2D eigenvalue weighted by atomic mass is 15.2. The van der Waals surface area contributed by atoms with Gasteiger partial charge in [0.2, 0.25) is 0 Å². The molecule has 0 unspecified atom stereocenters. The lowest BCUT2D eigenvalue weighted by Crippen LogP contribution is -2.24. The number of likely N-dealkylation sites (tertiary alicyclic amines) is 1. The molecule has 16 heavy (non-hydrogen) atoms. The molecule has 2 nitrogen and oxygen atoms in total. The molecule has 1 aliphatic rings. The van der Waals surface area contributed by atoms with Crippen LogP contribution in [-0.4, -0.2) is 30.4 Å². The second kappa shape index (κ2) is 5.69. The van der Waals surface area contributed by atoms with Crippen LogP contribution in [-0.2, 0) is 6.42 Å². The normalized spacial score (nSPS) is 18.3. The van der Waals surface area contributed by atoms with Gasteiger partial charge >= 0.3 is 0 Å². The minimum absolute atomic E-state index is 0.926. The van der Waals surface area contributed by atoms with Crippen molar-refractivity contribution in [3.8, 4) is 0 Å². The minimum Gasteiger partial charge on any atom is -0.361 e. The lowest BCUT2D eigenvalue weighted by molar-refractivity contribution is 0.477. The first kappa shape index (κ1) is 11.2. The predicted molar refractivity (Wildman–Crippen MR) is 68.9 cm³/mol. The van der Waals surface area contributed by atoms with E-state index in [0.29, 0.717) is 0 Å². The summed E-state index contributed by atoms with van der Waals surface area (Å²) < 4.78 is 0. The van der Waals surface area contributed by atoms with Crippen molar-refractivity contribution in [2.24, 2.45) is 4.99 Å². The van der Waals surface area contributed by atoms with Crippen LogP contribution in [0.3, 0.4) is 0 Å². The Bertz CT molecular complexity index is 343. The molecule has 0 saturated carbocycles. The van der Waals surface area contributed by atoms with Crippen LogP contribution in [0, 0.1) is 0 Å². The van der Waals surface area contributed by atoms with Crippen LogP contribution >= 0.6 is 0 Å². The largest absolute Gasteiger partial charge is 0.361 e. The van der Waals surface area contributed by atoms with Gasteiger partial charge in [0.1, 0.15) is 0 Å². The van der Waals surface area contributed by atoms with Crippen molar-refractivity contribution < 1.29 is 0 Å². The fraction of sp³-hybridized carbons (Fsp3) is 0.500. The number of rotatable bonds is 4. The average molecular weight is 216 g/mol. The van der Waals surface area contributed by atoms with E-state index in [4.69, 9.17) is 4.99 Å². The highest BCUT2D eigenvalue weighted by Gasteiger charge is 2.15. The van der Waals surface area contributed by atoms with Crippen molar-refractivity contribution in [2.75, 3.05) is 19.6 Å². The van der Waals surface area contributed by atoms with Crippen molar-refractivity contribution >= 4 is 5.84 Å². The smallest absolute Gasteiger partial charge is 0.0989 e. The summed E-state index contributed by atoms with van der Waals surface area (Å²) in [7, 11) is 0. The molecular weight excluding hydrogens is 196 g/mol. The van der Waals surface area contributed by atoms with E-state index in [-0.39, 0.29) is 0 Å². The molecule has 0 bridgehead atoms. The van der Waals surface area contributed by atoms with Gasteiger partial charge in [-0.1, -0.05) is 30.3 Å². The summed E-state index contributed by atoms with van der Waals surface area (Å²) in [5, 5.41) is 0. The van der Waals surface area contributed by atoms with Gasteiger partial charge in [0, 0.05) is 26.1 Å². The lowest BCUT2D eigenvalue weighted by Gasteiger charge is -2.15. The SMILES string of the molecule is CCN1CCCC1=NCCc1ccccc1. The predicted octanol–water partition coefficient (Wildman–Crippen LogP) is 2.74. The third-order valence-corrected chi connectivity index (χ3v) is 3.11. The van der Waals surface area contributed by atoms with Crippen LogP contribution in [0.5, 0.6) is 0 Å². The van der Waals surface area contributed by atoms with E-state index in [9.17, 15) is 0 Å². The van der Waals surface area contributed by atoms with Crippen LogP contribution in [0.2, 0.25) is 0 Å². The monoisotopic (exact) mass is 216 g/mol. The fourth-order valence-corrected chi connectivity index (χ4v) is 2.19. The Balaban J connectivity index is 1.85. The van der Waals surface area contributed by atoms with Gasteiger partial charge in [-0.3, -0.25) is 4.99 Å². The molecule has 0 spiro atoms. The molecule has 1 saturated heterocycles. The van der Waals surface area contributed by atoms with E-state index in [1.54, 1.807) is 0 Å². The zero-order chi connectivity index (χ0) is 11.2. The van der Waals surface area contributed by atoms with Crippen molar-refractivity contribution in [3.05, 3.63) is 35.9 Å². The quantitative estimate of drug-likeness (QED) is 0.755. The molecule has 86 valence electrons. The summed E-state index contributed by atoms with van der Waals surface area (Å²) in [6.45, 7) is 5.43. The van der Waals surface area contributed by atoms with Gasteiger partial charge in [0.15, 0.2) is 0 Å². The molecule has 1 fully saturated rings. The Morgan fingerprint density at radius 3 is 2.81 bits per heavy atom. The van der Waals surface area contributed by atoms with Crippen LogP contribution < -0.4 is 0 Å². The number of hydrogen-bond donors (Lipinski definition) is 0. The van der Waals surface area contributed by atoms with E-state index in [2.05, 4.69) is 42.2 Å². The molecular formula is C14H20N2. The summed E-state index contributed by atoms with van der Waals surface area (Å²) in [4.78, 5) is 7.11. The van der Waals surface area contributed by atoms with Gasteiger partial charge in [0.25, 0.3) is 0 Å². The molecule has 1 heterocycles. The maximum absolute atomic E-state index is 4.71. The molecule has 0 radical (unpaired) electrons. The van der Waals surface area contributed by atoms with E-state index < -0.39 is 0 Å². The third-order valence-electron chi connectivity index (χ3n) is 3.11. The number of aliphatic imine (C=N–C) groups is 1. The summed E-state index contributed by atoms with van der Waals surface area (Å²) in [5.74, 6) is 1.32. The Morgan fingerprint density at radius 1 is 1.25 bits per heavy atom. The van der Waals surface area contributed by atoms with Crippen molar-refractivity contribution in [1.29, 1.82) is 0 Å². The van der Waals surface area contributed by atoms with E-state index in [0.717, 1.165) is 19.5 Å². The van der Waals surface area contributed by atoms with Crippen molar-refractivity contribution in [2.45, 2.75) is 26.2 Å². The Labute approximate surface area is 98.0 Å². The van der Waals surface area contributed by atoms with E-state index in [1.807, 2.05) is 0 Å². The summed E-state index contributed by atoms with van der Waals surface area (Å²) in [6.07, 6.45) is 3.50. The first-order chi connectivity index (χ1) is 7.90. The van der Waals surface area contributed by atoms with Gasteiger partial charge in [-0.15, -0.1) is 0 Å². The third kappa shape index (κ3) is 2.84. The first-order valence-electron chi connectivity index (χ1n) is 6.22. The Kier molecular flexibility index (Phi) is 3.97. The molecule has 1 aromatic carbocycles. The summed E-state index contributed by atoms with van der Waals surface area (Å²) >= 11 is 0.